The van der Waals surface area contributed by atoms with Crippen molar-refractivity contribution in [3.8, 4) is 5.75 Å². The smallest absolute Gasteiger partial charge is 0.320 e. The van der Waals surface area contributed by atoms with Crippen molar-refractivity contribution < 1.29 is 19.1 Å². The van der Waals surface area contributed by atoms with E-state index >= 15 is 0 Å². The first-order chi connectivity index (χ1) is 8.01. The molecule has 0 aromatic heterocycles. The van der Waals surface area contributed by atoms with Gasteiger partial charge in [0.1, 0.15) is 17.5 Å². The molecule has 17 heavy (non-hydrogen) atoms. The molecule has 0 unspecified atom stereocenters. The molecule has 4 nitrogen and oxygen atoms in total. The van der Waals surface area contributed by atoms with E-state index in [2.05, 4.69) is 20.7 Å². The highest BCUT2D eigenvalue weighted by atomic mass is 79.9. The monoisotopic (exact) mass is 300 g/mol. The van der Waals surface area contributed by atoms with E-state index in [4.69, 9.17) is 4.74 Å². The third-order valence-electron chi connectivity index (χ3n) is 2.36. The molecular weight excluding hydrogens is 288 g/mol. The molecule has 5 heteroatoms. The highest BCUT2D eigenvalue weighted by Gasteiger charge is 2.28. The molecule has 0 N–H and O–H groups in total. The maximum atomic E-state index is 11.6. The number of ketones is 1. The number of carbonyl (C=O) groups is 2. The van der Waals surface area contributed by atoms with Crippen LogP contribution < -0.4 is 4.74 Å². The fourth-order valence-electron chi connectivity index (χ4n) is 1.50. The van der Waals surface area contributed by atoms with Gasteiger partial charge in [-0.25, -0.2) is 0 Å². The van der Waals surface area contributed by atoms with Gasteiger partial charge >= 0.3 is 5.97 Å². The Balaban J connectivity index is 3.20. The summed E-state index contributed by atoms with van der Waals surface area (Å²) in [6.07, 6.45) is 0. The van der Waals surface area contributed by atoms with Gasteiger partial charge in [0, 0.05) is 4.47 Å². The normalized spacial score (nSPS) is 11.8. The Bertz CT molecular complexity index is 442. The second kappa shape index (κ2) is 5.82. The van der Waals surface area contributed by atoms with Crippen LogP contribution in [0.2, 0.25) is 0 Å². The van der Waals surface area contributed by atoms with E-state index in [1.807, 2.05) is 0 Å². The average Bonchev–Trinajstić information content (AvgIpc) is 2.30. The van der Waals surface area contributed by atoms with Gasteiger partial charge in [0.2, 0.25) is 0 Å². The van der Waals surface area contributed by atoms with Crippen molar-refractivity contribution in [2.75, 3.05) is 14.2 Å². The number of methoxy groups -OCH3 is 2. The van der Waals surface area contributed by atoms with Crippen molar-refractivity contribution >= 4 is 27.7 Å². The van der Waals surface area contributed by atoms with E-state index in [0.29, 0.717) is 15.8 Å². The molecule has 0 saturated carbocycles. The van der Waals surface area contributed by atoms with Crippen LogP contribution in [0.3, 0.4) is 0 Å². The van der Waals surface area contributed by atoms with Gasteiger partial charge < -0.3 is 9.47 Å². The number of rotatable bonds is 4. The fraction of sp³-hybridized carbons (Fsp3) is 0.333. The van der Waals surface area contributed by atoms with Crippen LogP contribution in [0.15, 0.2) is 22.7 Å². The molecule has 0 radical (unpaired) electrons. The van der Waals surface area contributed by atoms with Crippen molar-refractivity contribution in [1.29, 1.82) is 0 Å². The third kappa shape index (κ3) is 3.06. The Kier molecular flexibility index (Phi) is 4.69. The van der Waals surface area contributed by atoms with E-state index in [0.717, 1.165) is 0 Å². The first kappa shape index (κ1) is 13.7. The van der Waals surface area contributed by atoms with Crippen LogP contribution in [-0.4, -0.2) is 26.0 Å². The van der Waals surface area contributed by atoms with Crippen LogP contribution in [0.25, 0.3) is 0 Å². The predicted octanol–water partition coefficient (Wildman–Crippen LogP) is 2.30. The second-order valence-electron chi connectivity index (χ2n) is 3.45. The standard InChI is InChI=1S/C12H13BrO4/c1-7(14)11(12(15)17-3)9-5-4-8(16-2)6-10(9)13/h4-6,11H,1-3H3/t11-/m1/s1. The van der Waals surface area contributed by atoms with Crippen LogP contribution in [-0.2, 0) is 14.3 Å². The SMILES string of the molecule is COC(=O)[C@H](C(C)=O)c1ccc(OC)cc1Br. The zero-order valence-corrected chi connectivity index (χ0v) is 11.4. The molecule has 92 valence electrons. The number of esters is 1. The van der Waals surface area contributed by atoms with E-state index in [-0.39, 0.29) is 5.78 Å². The molecule has 0 aliphatic carbocycles. The Labute approximate surface area is 108 Å². The topological polar surface area (TPSA) is 52.6 Å². The van der Waals surface area contributed by atoms with Crippen LogP contribution in [0, 0.1) is 0 Å². The summed E-state index contributed by atoms with van der Waals surface area (Å²) >= 11 is 3.31. The molecule has 1 atom stereocenters. The number of carbonyl (C=O) groups excluding carboxylic acids is 2. The van der Waals surface area contributed by atoms with Gasteiger partial charge in [-0.05, 0) is 24.6 Å². The molecule has 0 aliphatic rings. The maximum absolute atomic E-state index is 11.6. The Morgan fingerprint density at radius 1 is 1.29 bits per heavy atom. The first-order valence-electron chi connectivity index (χ1n) is 4.93. The molecule has 1 aromatic carbocycles. The van der Waals surface area contributed by atoms with Crippen molar-refractivity contribution in [2.24, 2.45) is 0 Å². The number of hydrogen-bond acceptors (Lipinski definition) is 4. The van der Waals surface area contributed by atoms with Crippen LogP contribution >= 0.6 is 15.9 Å². The molecule has 0 bridgehead atoms. The van der Waals surface area contributed by atoms with Crippen LogP contribution in [0.4, 0.5) is 0 Å². The van der Waals surface area contributed by atoms with E-state index in [9.17, 15) is 9.59 Å². The van der Waals surface area contributed by atoms with Gasteiger partial charge in [0.05, 0.1) is 14.2 Å². The lowest BCUT2D eigenvalue weighted by molar-refractivity contribution is -0.145. The average molecular weight is 301 g/mol. The van der Waals surface area contributed by atoms with Gasteiger partial charge in [-0.15, -0.1) is 0 Å². The molecule has 0 saturated heterocycles. The van der Waals surface area contributed by atoms with Gasteiger partial charge in [0.25, 0.3) is 0 Å². The number of ether oxygens (including phenoxy) is 2. The maximum Gasteiger partial charge on any atom is 0.320 e. The number of halogens is 1. The number of benzene rings is 1. The summed E-state index contributed by atoms with van der Waals surface area (Å²) in [6.45, 7) is 1.36. The summed E-state index contributed by atoms with van der Waals surface area (Å²) in [5.41, 5.74) is 0.574. The summed E-state index contributed by atoms with van der Waals surface area (Å²) in [5, 5.41) is 0. The number of hydrogen-bond donors (Lipinski definition) is 0. The molecule has 0 heterocycles. The Morgan fingerprint density at radius 2 is 1.94 bits per heavy atom. The molecule has 1 aromatic rings. The minimum Gasteiger partial charge on any atom is -0.497 e. The lowest BCUT2D eigenvalue weighted by Gasteiger charge is -2.14. The predicted molar refractivity (Wildman–Crippen MR) is 66.1 cm³/mol. The molecule has 1 rings (SSSR count). The van der Waals surface area contributed by atoms with E-state index < -0.39 is 11.9 Å². The minimum atomic E-state index is -0.903. The zero-order valence-electron chi connectivity index (χ0n) is 9.82. The summed E-state index contributed by atoms with van der Waals surface area (Å²) in [6, 6.07) is 5.07. The molecule has 0 spiro atoms. The van der Waals surface area contributed by atoms with Crippen molar-refractivity contribution in [3.05, 3.63) is 28.2 Å². The van der Waals surface area contributed by atoms with E-state index in [1.54, 1.807) is 25.3 Å². The first-order valence-corrected chi connectivity index (χ1v) is 5.72. The second-order valence-corrected chi connectivity index (χ2v) is 4.31. The zero-order chi connectivity index (χ0) is 13.0. The molecule has 0 amide bonds. The van der Waals surface area contributed by atoms with Gasteiger partial charge in [0.15, 0.2) is 0 Å². The quantitative estimate of drug-likeness (QED) is 0.632. The van der Waals surface area contributed by atoms with Crippen LogP contribution in [0.1, 0.15) is 18.4 Å². The van der Waals surface area contributed by atoms with Crippen molar-refractivity contribution in [2.45, 2.75) is 12.8 Å². The fourth-order valence-corrected chi connectivity index (χ4v) is 2.09. The highest BCUT2D eigenvalue weighted by Crippen LogP contribution is 2.30. The highest BCUT2D eigenvalue weighted by molar-refractivity contribution is 9.10. The van der Waals surface area contributed by atoms with Crippen LogP contribution in [0.5, 0.6) is 5.75 Å². The largest absolute Gasteiger partial charge is 0.497 e. The Morgan fingerprint density at radius 3 is 2.35 bits per heavy atom. The molecule has 0 aliphatic heterocycles. The minimum absolute atomic E-state index is 0.261. The summed E-state index contributed by atoms with van der Waals surface area (Å²) in [5.74, 6) is -1.08. The summed E-state index contributed by atoms with van der Waals surface area (Å²) in [7, 11) is 2.81. The van der Waals surface area contributed by atoms with Gasteiger partial charge in [-0.3, -0.25) is 9.59 Å². The van der Waals surface area contributed by atoms with E-state index in [1.165, 1.54) is 14.0 Å². The Hall–Kier alpha value is -1.36. The molecular formula is C12H13BrO4. The van der Waals surface area contributed by atoms with Crippen molar-refractivity contribution in [1.82, 2.24) is 0 Å². The van der Waals surface area contributed by atoms with Crippen molar-refractivity contribution in [3.63, 3.8) is 0 Å². The lowest BCUT2D eigenvalue weighted by atomic mass is 9.95. The summed E-state index contributed by atoms with van der Waals surface area (Å²) in [4.78, 5) is 23.1. The van der Waals surface area contributed by atoms with Gasteiger partial charge in [-0.1, -0.05) is 22.0 Å². The molecule has 0 fully saturated rings. The number of Topliss-reactive ketones (excluding diaryl/α,β-unsaturated/α-hetero) is 1. The van der Waals surface area contributed by atoms with Gasteiger partial charge in [-0.2, -0.15) is 0 Å². The third-order valence-corrected chi connectivity index (χ3v) is 3.05. The lowest BCUT2D eigenvalue weighted by Crippen LogP contribution is -2.21. The summed E-state index contributed by atoms with van der Waals surface area (Å²) < 4.78 is 10.3.